The fourth-order valence-corrected chi connectivity index (χ4v) is 4.70. The largest absolute Gasteiger partial charge is 0.369 e. The Balaban J connectivity index is 1.42. The molecule has 1 saturated heterocycles. The molecule has 0 aromatic heterocycles. The lowest BCUT2D eigenvalue weighted by molar-refractivity contribution is -0.121. The molecule has 8 nitrogen and oxygen atoms in total. The van der Waals surface area contributed by atoms with Crippen LogP contribution in [0.4, 0.5) is 21.9 Å². The van der Waals surface area contributed by atoms with Gasteiger partial charge in [0, 0.05) is 49.8 Å². The molecule has 1 atom stereocenters. The molecular formula is C30H36N6O2. The highest BCUT2D eigenvalue weighted by Gasteiger charge is 2.31. The van der Waals surface area contributed by atoms with Crippen LogP contribution in [0.1, 0.15) is 25.5 Å². The Morgan fingerprint density at radius 3 is 2.03 bits per heavy atom. The first-order valence-corrected chi connectivity index (χ1v) is 12.9. The predicted molar refractivity (Wildman–Crippen MR) is 154 cm³/mol. The third kappa shape index (κ3) is 6.22. The number of nitrogens with one attached hydrogen (secondary N) is 1. The van der Waals surface area contributed by atoms with E-state index < -0.39 is 0 Å². The molecule has 1 aliphatic heterocycles. The summed E-state index contributed by atoms with van der Waals surface area (Å²) in [5.74, 6) is 6.07. The second kappa shape index (κ2) is 12.4. The molecule has 1 aliphatic rings. The molecule has 0 aliphatic carbocycles. The summed E-state index contributed by atoms with van der Waals surface area (Å²) in [5, 5.41) is 4.22. The minimum Gasteiger partial charge on any atom is -0.369 e. The summed E-state index contributed by atoms with van der Waals surface area (Å²) in [6.45, 7) is 10.5. The highest BCUT2D eigenvalue weighted by molar-refractivity contribution is 5.95. The summed E-state index contributed by atoms with van der Waals surface area (Å²) in [6, 6.07) is 26.4. The summed E-state index contributed by atoms with van der Waals surface area (Å²) >= 11 is 0. The van der Waals surface area contributed by atoms with Gasteiger partial charge in [0.25, 0.3) is 0 Å². The molecule has 8 heteroatoms. The maximum atomic E-state index is 13.4. The first-order valence-electron chi connectivity index (χ1n) is 12.9. The Kier molecular flexibility index (Phi) is 8.78. The third-order valence-corrected chi connectivity index (χ3v) is 6.76. The van der Waals surface area contributed by atoms with E-state index in [4.69, 9.17) is 5.84 Å². The van der Waals surface area contributed by atoms with Crippen LogP contribution in [0.5, 0.6) is 0 Å². The Hall–Kier alpha value is -4.14. The van der Waals surface area contributed by atoms with E-state index in [9.17, 15) is 9.59 Å². The number of carbonyl (C=O) groups excluding carboxylic acids is 2. The van der Waals surface area contributed by atoms with Crippen molar-refractivity contribution >= 4 is 29.0 Å². The first kappa shape index (κ1) is 26.9. The van der Waals surface area contributed by atoms with Crippen molar-refractivity contribution in [3.05, 3.63) is 103 Å². The van der Waals surface area contributed by atoms with E-state index in [1.165, 1.54) is 11.1 Å². The molecule has 0 bridgehead atoms. The standard InChI is InChI=1S/C30H36N6O2/c1-4-35(23(2)3)30(38)36(31)27-17-15-26(16-18-27)33-19-21-34(22-20-33)28(24-11-7-5-8-12-24)29(37)32-25-13-9-6-10-14-25/h4-18,23,28H,1,19-22,31H2,2-3H3,(H,32,37). The van der Waals surface area contributed by atoms with Gasteiger partial charge in [-0.15, -0.1) is 0 Å². The minimum atomic E-state index is -0.383. The molecule has 0 spiro atoms. The number of anilines is 3. The van der Waals surface area contributed by atoms with Crippen molar-refractivity contribution in [1.29, 1.82) is 0 Å². The smallest absolute Gasteiger partial charge is 0.343 e. The molecule has 0 radical (unpaired) electrons. The lowest BCUT2D eigenvalue weighted by atomic mass is 10.0. The number of para-hydroxylation sites is 1. The van der Waals surface area contributed by atoms with Gasteiger partial charge in [-0.3, -0.25) is 14.6 Å². The molecule has 4 rings (SSSR count). The van der Waals surface area contributed by atoms with Crippen LogP contribution in [0.25, 0.3) is 0 Å². The lowest BCUT2D eigenvalue weighted by Gasteiger charge is -2.40. The number of hydrogen-bond acceptors (Lipinski definition) is 5. The topological polar surface area (TPSA) is 85.2 Å². The van der Waals surface area contributed by atoms with Gasteiger partial charge in [-0.25, -0.2) is 15.6 Å². The maximum Gasteiger partial charge on any atom is 0.343 e. The molecule has 1 heterocycles. The molecule has 1 unspecified atom stereocenters. The zero-order valence-corrected chi connectivity index (χ0v) is 22.0. The van der Waals surface area contributed by atoms with Gasteiger partial charge in [0.2, 0.25) is 5.91 Å². The van der Waals surface area contributed by atoms with Gasteiger partial charge >= 0.3 is 6.03 Å². The number of carbonyl (C=O) groups is 2. The number of hydrazine groups is 1. The van der Waals surface area contributed by atoms with Crippen LogP contribution in [-0.2, 0) is 4.79 Å². The SMILES string of the molecule is C=CN(C(=O)N(N)c1ccc(N2CCN(C(C(=O)Nc3ccccc3)c3ccccc3)CC2)cc1)C(C)C. The van der Waals surface area contributed by atoms with Gasteiger partial charge < -0.3 is 10.2 Å². The van der Waals surface area contributed by atoms with Crippen LogP contribution in [0, 0.1) is 0 Å². The number of urea groups is 1. The highest BCUT2D eigenvalue weighted by Crippen LogP contribution is 2.27. The van der Waals surface area contributed by atoms with Crippen molar-refractivity contribution in [2.75, 3.05) is 41.4 Å². The fourth-order valence-electron chi connectivity index (χ4n) is 4.70. The van der Waals surface area contributed by atoms with Gasteiger partial charge in [0.05, 0.1) is 5.69 Å². The van der Waals surface area contributed by atoms with E-state index >= 15 is 0 Å². The number of benzene rings is 3. The number of piperazine rings is 1. The third-order valence-electron chi connectivity index (χ3n) is 6.76. The molecule has 3 aromatic rings. The quantitative estimate of drug-likeness (QED) is 0.256. The zero-order chi connectivity index (χ0) is 27.1. The van der Waals surface area contributed by atoms with Crippen molar-refractivity contribution < 1.29 is 9.59 Å². The van der Waals surface area contributed by atoms with Crippen LogP contribution < -0.4 is 21.1 Å². The van der Waals surface area contributed by atoms with Crippen molar-refractivity contribution in [3.8, 4) is 0 Å². The summed E-state index contributed by atoms with van der Waals surface area (Å²) in [6.07, 6.45) is 1.49. The molecular weight excluding hydrogens is 476 g/mol. The summed E-state index contributed by atoms with van der Waals surface area (Å²) < 4.78 is 0. The fraction of sp³-hybridized carbons (Fsp3) is 0.267. The highest BCUT2D eigenvalue weighted by atomic mass is 16.2. The van der Waals surface area contributed by atoms with E-state index in [1.54, 1.807) is 0 Å². The predicted octanol–water partition coefficient (Wildman–Crippen LogP) is 4.84. The number of hydrogen-bond donors (Lipinski definition) is 2. The maximum absolute atomic E-state index is 13.4. The van der Waals surface area contributed by atoms with Crippen LogP contribution >= 0.6 is 0 Å². The van der Waals surface area contributed by atoms with Gasteiger partial charge in [-0.2, -0.15) is 0 Å². The van der Waals surface area contributed by atoms with Gasteiger partial charge in [0.15, 0.2) is 0 Å². The monoisotopic (exact) mass is 512 g/mol. The van der Waals surface area contributed by atoms with E-state index in [0.29, 0.717) is 5.69 Å². The van der Waals surface area contributed by atoms with E-state index in [1.807, 2.05) is 98.8 Å². The Morgan fingerprint density at radius 2 is 1.47 bits per heavy atom. The number of amides is 3. The van der Waals surface area contributed by atoms with Gasteiger partial charge in [0.1, 0.15) is 6.04 Å². The van der Waals surface area contributed by atoms with E-state index in [2.05, 4.69) is 21.7 Å². The molecule has 1 fully saturated rings. The van der Waals surface area contributed by atoms with Crippen molar-refractivity contribution in [2.45, 2.75) is 25.9 Å². The minimum absolute atomic E-state index is 0.0390. The average molecular weight is 513 g/mol. The Bertz CT molecular complexity index is 1210. The number of nitrogens with two attached hydrogens (primary N) is 1. The average Bonchev–Trinajstić information content (AvgIpc) is 2.94. The molecule has 38 heavy (non-hydrogen) atoms. The van der Waals surface area contributed by atoms with Gasteiger partial charge in [-0.05, 0) is 55.8 Å². The molecule has 3 aromatic carbocycles. The molecule has 3 N–H and O–H groups in total. The van der Waals surface area contributed by atoms with Crippen LogP contribution in [0.3, 0.4) is 0 Å². The van der Waals surface area contributed by atoms with E-state index in [-0.39, 0.29) is 24.0 Å². The Labute approximate surface area is 224 Å². The zero-order valence-electron chi connectivity index (χ0n) is 22.0. The van der Waals surface area contributed by atoms with Crippen LogP contribution in [0.2, 0.25) is 0 Å². The summed E-state index contributed by atoms with van der Waals surface area (Å²) in [7, 11) is 0. The Morgan fingerprint density at radius 1 is 0.895 bits per heavy atom. The lowest BCUT2D eigenvalue weighted by Crippen LogP contribution is -2.50. The van der Waals surface area contributed by atoms with Crippen molar-refractivity contribution in [2.24, 2.45) is 5.84 Å². The summed E-state index contributed by atoms with van der Waals surface area (Å²) in [4.78, 5) is 32.1. The van der Waals surface area contributed by atoms with Crippen molar-refractivity contribution in [1.82, 2.24) is 9.80 Å². The van der Waals surface area contributed by atoms with Gasteiger partial charge in [-0.1, -0.05) is 55.1 Å². The molecule has 3 amide bonds. The van der Waals surface area contributed by atoms with Crippen LogP contribution in [0.15, 0.2) is 97.7 Å². The normalized spacial score (nSPS) is 14.6. The molecule has 198 valence electrons. The van der Waals surface area contributed by atoms with E-state index in [0.717, 1.165) is 48.1 Å². The number of rotatable bonds is 8. The first-order chi connectivity index (χ1) is 18.4. The van der Waals surface area contributed by atoms with Crippen LogP contribution in [-0.4, -0.2) is 54.0 Å². The summed E-state index contributed by atoms with van der Waals surface area (Å²) in [5.41, 5.74) is 3.41. The second-order valence-corrected chi connectivity index (χ2v) is 9.54. The van der Waals surface area contributed by atoms with Crippen molar-refractivity contribution in [3.63, 3.8) is 0 Å². The number of nitrogens with zero attached hydrogens (tertiary/aromatic N) is 4. The second-order valence-electron chi connectivity index (χ2n) is 9.54. The molecule has 0 saturated carbocycles.